The SMILES string of the molecule is CC(C)C(=O)c1cnn2cc(OC[C@H](C)O)ccc12. The number of carbonyl (C=O) groups excluding carboxylic acids is 1. The first kappa shape index (κ1) is 13.5. The molecule has 0 unspecified atom stereocenters. The molecule has 5 heteroatoms. The number of pyridine rings is 1. The molecule has 0 saturated carbocycles. The summed E-state index contributed by atoms with van der Waals surface area (Å²) in [6, 6.07) is 3.58. The van der Waals surface area contributed by atoms with E-state index in [-0.39, 0.29) is 18.3 Å². The van der Waals surface area contributed by atoms with Gasteiger partial charge in [0, 0.05) is 5.92 Å². The maximum Gasteiger partial charge on any atom is 0.169 e. The van der Waals surface area contributed by atoms with E-state index in [2.05, 4.69) is 5.10 Å². The molecule has 2 aromatic heterocycles. The lowest BCUT2D eigenvalue weighted by Crippen LogP contribution is -2.13. The molecule has 1 atom stereocenters. The fourth-order valence-electron chi connectivity index (χ4n) is 1.77. The molecule has 1 N–H and O–H groups in total. The van der Waals surface area contributed by atoms with Crippen LogP contribution in [0, 0.1) is 5.92 Å². The number of fused-ring (bicyclic) bond motifs is 1. The van der Waals surface area contributed by atoms with Gasteiger partial charge in [0.25, 0.3) is 0 Å². The molecule has 0 fully saturated rings. The highest BCUT2D eigenvalue weighted by Crippen LogP contribution is 2.19. The van der Waals surface area contributed by atoms with Crippen LogP contribution >= 0.6 is 0 Å². The second-order valence-electron chi connectivity index (χ2n) is 4.93. The monoisotopic (exact) mass is 262 g/mol. The quantitative estimate of drug-likeness (QED) is 0.836. The molecule has 0 aromatic carbocycles. The van der Waals surface area contributed by atoms with Crippen LogP contribution in [0.3, 0.4) is 0 Å². The lowest BCUT2D eigenvalue weighted by molar-refractivity contribution is 0.0941. The van der Waals surface area contributed by atoms with Crippen molar-refractivity contribution < 1.29 is 14.6 Å². The molecular weight excluding hydrogens is 244 g/mol. The number of hydrogen-bond donors (Lipinski definition) is 1. The lowest BCUT2D eigenvalue weighted by Gasteiger charge is -2.08. The summed E-state index contributed by atoms with van der Waals surface area (Å²) in [7, 11) is 0. The maximum atomic E-state index is 12.0. The van der Waals surface area contributed by atoms with Gasteiger partial charge in [0.1, 0.15) is 12.4 Å². The van der Waals surface area contributed by atoms with E-state index in [4.69, 9.17) is 4.74 Å². The van der Waals surface area contributed by atoms with E-state index >= 15 is 0 Å². The van der Waals surface area contributed by atoms with Crippen LogP contribution in [0.5, 0.6) is 5.75 Å². The molecular formula is C14H18N2O3. The number of aromatic nitrogens is 2. The third-order valence-corrected chi connectivity index (χ3v) is 2.77. The number of Topliss-reactive ketones (excluding diaryl/α,β-unsaturated/α-hetero) is 1. The van der Waals surface area contributed by atoms with Gasteiger partial charge in [-0.25, -0.2) is 4.52 Å². The largest absolute Gasteiger partial charge is 0.489 e. The van der Waals surface area contributed by atoms with Crippen molar-refractivity contribution in [1.29, 1.82) is 0 Å². The number of aliphatic hydroxyl groups is 1. The normalized spacial score (nSPS) is 12.9. The van der Waals surface area contributed by atoms with Crippen molar-refractivity contribution in [2.24, 2.45) is 5.92 Å². The van der Waals surface area contributed by atoms with E-state index in [1.807, 2.05) is 13.8 Å². The van der Waals surface area contributed by atoms with E-state index < -0.39 is 6.10 Å². The first-order valence-corrected chi connectivity index (χ1v) is 6.31. The number of ketones is 1. The van der Waals surface area contributed by atoms with E-state index in [9.17, 15) is 9.90 Å². The Balaban J connectivity index is 2.29. The van der Waals surface area contributed by atoms with E-state index in [0.29, 0.717) is 11.3 Å². The topological polar surface area (TPSA) is 63.8 Å². The minimum Gasteiger partial charge on any atom is -0.489 e. The molecule has 19 heavy (non-hydrogen) atoms. The molecule has 0 radical (unpaired) electrons. The second kappa shape index (κ2) is 5.40. The molecule has 0 saturated heterocycles. The zero-order valence-corrected chi connectivity index (χ0v) is 11.3. The second-order valence-corrected chi connectivity index (χ2v) is 4.93. The Morgan fingerprint density at radius 2 is 2.16 bits per heavy atom. The summed E-state index contributed by atoms with van der Waals surface area (Å²) in [4.78, 5) is 12.0. The number of hydrogen-bond acceptors (Lipinski definition) is 4. The van der Waals surface area contributed by atoms with Crippen molar-refractivity contribution in [3.63, 3.8) is 0 Å². The molecule has 2 heterocycles. The smallest absolute Gasteiger partial charge is 0.169 e. The molecule has 0 bridgehead atoms. The number of nitrogens with zero attached hydrogens (tertiary/aromatic N) is 2. The molecule has 0 aliphatic carbocycles. The molecule has 0 amide bonds. The Morgan fingerprint density at radius 1 is 1.42 bits per heavy atom. The van der Waals surface area contributed by atoms with Gasteiger partial charge in [-0.15, -0.1) is 0 Å². The van der Waals surface area contributed by atoms with E-state index in [0.717, 1.165) is 5.52 Å². The maximum absolute atomic E-state index is 12.0. The Morgan fingerprint density at radius 3 is 2.79 bits per heavy atom. The number of aliphatic hydroxyl groups excluding tert-OH is 1. The Kier molecular flexibility index (Phi) is 3.85. The van der Waals surface area contributed by atoms with Crippen molar-refractivity contribution in [2.45, 2.75) is 26.9 Å². The molecule has 5 nitrogen and oxygen atoms in total. The van der Waals surface area contributed by atoms with Gasteiger partial charge >= 0.3 is 0 Å². The summed E-state index contributed by atoms with van der Waals surface area (Å²) in [5.41, 5.74) is 1.39. The number of carbonyl (C=O) groups is 1. The van der Waals surface area contributed by atoms with Crippen LogP contribution in [0.4, 0.5) is 0 Å². The average molecular weight is 262 g/mol. The molecule has 0 aliphatic rings. The van der Waals surface area contributed by atoms with Gasteiger partial charge < -0.3 is 9.84 Å². The highest BCUT2D eigenvalue weighted by Gasteiger charge is 2.16. The van der Waals surface area contributed by atoms with Gasteiger partial charge in [0.05, 0.1) is 29.6 Å². The van der Waals surface area contributed by atoms with Gasteiger partial charge in [-0.05, 0) is 19.1 Å². The predicted octanol–water partition coefficient (Wildman–Crippen LogP) is 1.93. The van der Waals surface area contributed by atoms with Crippen molar-refractivity contribution in [3.05, 3.63) is 30.1 Å². The van der Waals surface area contributed by atoms with Crippen LogP contribution in [-0.2, 0) is 0 Å². The minimum absolute atomic E-state index is 0.0563. The van der Waals surface area contributed by atoms with Gasteiger partial charge in [0.2, 0.25) is 0 Å². The van der Waals surface area contributed by atoms with Crippen LogP contribution in [0.2, 0.25) is 0 Å². The summed E-state index contributed by atoms with van der Waals surface area (Å²) in [5.74, 6) is 0.631. The van der Waals surface area contributed by atoms with Gasteiger partial charge in [-0.3, -0.25) is 4.79 Å². The summed E-state index contributed by atoms with van der Waals surface area (Å²) >= 11 is 0. The first-order valence-electron chi connectivity index (χ1n) is 6.31. The molecule has 2 rings (SSSR count). The number of ether oxygens (including phenoxy) is 1. The molecule has 0 spiro atoms. The van der Waals surface area contributed by atoms with Gasteiger partial charge in [0.15, 0.2) is 5.78 Å². The highest BCUT2D eigenvalue weighted by atomic mass is 16.5. The summed E-state index contributed by atoms with van der Waals surface area (Å²) in [6.45, 7) is 5.62. The third-order valence-electron chi connectivity index (χ3n) is 2.77. The molecule has 0 aliphatic heterocycles. The van der Waals surface area contributed by atoms with Crippen molar-refractivity contribution >= 4 is 11.3 Å². The Bertz CT molecular complexity index is 587. The summed E-state index contributed by atoms with van der Waals surface area (Å²) in [6.07, 6.45) is 2.76. The fourth-order valence-corrected chi connectivity index (χ4v) is 1.77. The number of rotatable bonds is 5. The van der Waals surface area contributed by atoms with Gasteiger partial charge in [-0.1, -0.05) is 13.8 Å². The predicted molar refractivity (Wildman–Crippen MR) is 71.5 cm³/mol. The molecule has 2 aromatic rings. The van der Waals surface area contributed by atoms with Gasteiger partial charge in [-0.2, -0.15) is 5.10 Å². The summed E-state index contributed by atoms with van der Waals surface area (Å²) in [5, 5.41) is 13.3. The fraction of sp³-hybridized carbons (Fsp3) is 0.429. The minimum atomic E-state index is -0.522. The van der Waals surface area contributed by atoms with E-state index in [1.54, 1.807) is 36.0 Å². The van der Waals surface area contributed by atoms with Crippen LogP contribution in [-0.4, -0.2) is 33.2 Å². The zero-order valence-electron chi connectivity index (χ0n) is 11.3. The average Bonchev–Trinajstić information content (AvgIpc) is 2.78. The standard InChI is InChI=1S/C14H18N2O3/c1-9(2)14(18)12-6-15-16-7-11(4-5-13(12)16)19-8-10(3)17/h4-7,9-10,17H,8H2,1-3H3/t10-/m0/s1. The zero-order chi connectivity index (χ0) is 14.0. The summed E-state index contributed by atoms with van der Waals surface area (Å²) < 4.78 is 7.01. The van der Waals surface area contributed by atoms with Crippen molar-refractivity contribution in [3.8, 4) is 5.75 Å². The first-order chi connectivity index (χ1) is 8.99. The van der Waals surface area contributed by atoms with Crippen molar-refractivity contribution in [2.75, 3.05) is 6.61 Å². The van der Waals surface area contributed by atoms with E-state index in [1.165, 1.54) is 0 Å². The Labute approximate surface area is 111 Å². The van der Waals surface area contributed by atoms with Crippen LogP contribution in [0.25, 0.3) is 5.52 Å². The lowest BCUT2D eigenvalue weighted by atomic mass is 10.0. The van der Waals surface area contributed by atoms with Crippen LogP contribution < -0.4 is 4.74 Å². The van der Waals surface area contributed by atoms with Crippen LogP contribution in [0.15, 0.2) is 24.5 Å². The van der Waals surface area contributed by atoms with Crippen LogP contribution in [0.1, 0.15) is 31.1 Å². The third kappa shape index (κ3) is 2.93. The highest BCUT2D eigenvalue weighted by molar-refractivity contribution is 6.03. The molecule has 102 valence electrons. The van der Waals surface area contributed by atoms with Crippen molar-refractivity contribution in [1.82, 2.24) is 9.61 Å². The Hall–Kier alpha value is -1.88.